The fourth-order valence-corrected chi connectivity index (χ4v) is 2.64. The SMILES string of the molecule is NCc1c(Oc2cccc(Cl)c2F)nc2sccn12. The third-order valence-electron chi connectivity index (χ3n) is 2.64. The molecule has 3 rings (SSSR count). The summed E-state index contributed by atoms with van der Waals surface area (Å²) in [5.41, 5.74) is 6.38. The standard InChI is InChI=1S/C12H9ClFN3OS/c13-7-2-1-3-9(10(7)14)18-11-8(6-15)17-4-5-19-12(17)16-11/h1-5H,6,15H2. The smallest absolute Gasteiger partial charge is 0.243 e. The van der Waals surface area contributed by atoms with Gasteiger partial charge >= 0.3 is 0 Å². The molecular formula is C12H9ClFN3OS. The number of thiazole rings is 1. The van der Waals surface area contributed by atoms with E-state index in [1.807, 2.05) is 16.0 Å². The molecule has 0 unspecified atom stereocenters. The minimum Gasteiger partial charge on any atom is -0.434 e. The van der Waals surface area contributed by atoms with Crippen molar-refractivity contribution in [2.45, 2.75) is 6.54 Å². The van der Waals surface area contributed by atoms with Gasteiger partial charge in [0.25, 0.3) is 0 Å². The van der Waals surface area contributed by atoms with E-state index >= 15 is 0 Å². The molecule has 4 nitrogen and oxygen atoms in total. The molecule has 19 heavy (non-hydrogen) atoms. The average Bonchev–Trinajstić information content (AvgIpc) is 2.95. The summed E-state index contributed by atoms with van der Waals surface area (Å²) in [5.74, 6) is -0.271. The second-order valence-electron chi connectivity index (χ2n) is 3.78. The number of halogens is 2. The zero-order valence-corrected chi connectivity index (χ0v) is 11.2. The molecule has 0 saturated heterocycles. The third kappa shape index (κ3) is 2.07. The number of benzene rings is 1. The van der Waals surface area contributed by atoms with Gasteiger partial charge in [0.2, 0.25) is 5.88 Å². The van der Waals surface area contributed by atoms with E-state index in [0.29, 0.717) is 11.6 Å². The van der Waals surface area contributed by atoms with Gasteiger partial charge in [0, 0.05) is 18.1 Å². The van der Waals surface area contributed by atoms with Crippen LogP contribution in [0.15, 0.2) is 29.8 Å². The summed E-state index contributed by atoms with van der Waals surface area (Å²) in [7, 11) is 0. The van der Waals surface area contributed by atoms with Crippen molar-refractivity contribution >= 4 is 27.9 Å². The first kappa shape index (κ1) is 12.4. The summed E-state index contributed by atoms with van der Waals surface area (Å²) in [6, 6.07) is 4.57. The molecule has 3 aromatic rings. The van der Waals surface area contributed by atoms with Crippen LogP contribution in [0.3, 0.4) is 0 Å². The Hall–Kier alpha value is -1.63. The van der Waals surface area contributed by atoms with Crippen LogP contribution >= 0.6 is 22.9 Å². The van der Waals surface area contributed by atoms with Gasteiger partial charge in [-0.3, -0.25) is 4.40 Å². The molecule has 2 aromatic heterocycles. The van der Waals surface area contributed by atoms with Crippen molar-refractivity contribution in [1.29, 1.82) is 0 Å². The van der Waals surface area contributed by atoms with Crippen LogP contribution in [-0.4, -0.2) is 9.38 Å². The van der Waals surface area contributed by atoms with Crippen molar-refractivity contribution < 1.29 is 9.13 Å². The van der Waals surface area contributed by atoms with E-state index < -0.39 is 5.82 Å². The van der Waals surface area contributed by atoms with Crippen LogP contribution in [0.1, 0.15) is 5.69 Å². The number of imidazole rings is 1. The van der Waals surface area contributed by atoms with Gasteiger partial charge in [-0.1, -0.05) is 17.7 Å². The highest BCUT2D eigenvalue weighted by atomic mass is 35.5. The Morgan fingerprint density at radius 3 is 3.11 bits per heavy atom. The lowest BCUT2D eigenvalue weighted by molar-refractivity contribution is 0.425. The number of aromatic nitrogens is 2. The lowest BCUT2D eigenvalue weighted by atomic mass is 10.3. The van der Waals surface area contributed by atoms with Crippen LogP contribution in [0.5, 0.6) is 11.6 Å². The molecule has 0 bridgehead atoms. The lowest BCUT2D eigenvalue weighted by Gasteiger charge is -2.06. The van der Waals surface area contributed by atoms with Crippen LogP contribution in [0.25, 0.3) is 4.96 Å². The summed E-state index contributed by atoms with van der Waals surface area (Å²) in [6.45, 7) is 0.245. The second kappa shape index (κ2) is 4.80. The normalized spacial score (nSPS) is 11.1. The molecule has 0 aliphatic rings. The Labute approximate surface area is 117 Å². The van der Waals surface area contributed by atoms with Crippen molar-refractivity contribution in [3.63, 3.8) is 0 Å². The van der Waals surface area contributed by atoms with E-state index in [4.69, 9.17) is 22.1 Å². The molecule has 0 atom stereocenters. The maximum Gasteiger partial charge on any atom is 0.243 e. The first-order valence-electron chi connectivity index (χ1n) is 5.47. The molecule has 98 valence electrons. The van der Waals surface area contributed by atoms with Crippen molar-refractivity contribution in [3.05, 3.63) is 46.3 Å². The van der Waals surface area contributed by atoms with Gasteiger partial charge in [0.1, 0.15) is 5.69 Å². The quantitative estimate of drug-likeness (QED) is 0.805. The molecule has 2 N–H and O–H groups in total. The molecule has 0 radical (unpaired) electrons. The van der Waals surface area contributed by atoms with E-state index in [9.17, 15) is 4.39 Å². The van der Waals surface area contributed by atoms with Gasteiger partial charge in [-0.25, -0.2) is 4.39 Å². The van der Waals surface area contributed by atoms with Crippen LogP contribution < -0.4 is 10.5 Å². The zero-order chi connectivity index (χ0) is 13.4. The highest BCUT2D eigenvalue weighted by molar-refractivity contribution is 7.15. The molecule has 1 aromatic carbocycles. The lowest BCUT2D eigenvalue weighted by Crippen LogP contribution is -2.02. The highest BCUT2D eigenvalue weighted by Crippen LogP contribution is 2.31. The van der Waals surface area contributed by atoms with Gasteiger partial charge in [-0.05, 0) is 12.1 Å². The van der Waals surface area contributed by atoms with E-state index in [0.717, 1.165) is 4.96 Å². The Morgan fingerprint density at radius 2 is 2.32 bits per heavy atom. The maximum atomic E-state index is 13.8. The van der Waals surface area contributed by atoms with Crippen molar-refractivity contribution in [1.82, 2.24) is 9.38 Å². The Balaban J connectivity index is 2.05. The largest absolute Gasteiger partial charge is 0.434 e. The van der Waals surface area contributed by atoms with Crippen molar-refractivity contribution in [3.8, 4) is 11.6 Å². The van der Waals surface area contributed by atoms with Crippen molar-refractivity contribution in [2.75, 3.05) is 0 Å². The van der Waals surface area contributed by atoms with Crippen LogP contribution in [0.4, 0.5) is 4.39 Å². The maximum absolute atomic E-state index is 13.8. The predicted octanol–water partition coefficient (Wildman–Crippen LogP) is 3.44. The summed E-state index contributed by atoms with van der Waals surface area (Å²) >= 11 is 7.16. The Bertz CT molecular complexity index is 740. The molecule has 0 aliphatic carbocycles. The van der Waals surface area contributed by atoms with Crippen LogP contribution in [-0.2, 0) is 6.54 Å². The predicted molar refractivity (Wildman–Crippen MR) is 72.4 cm³/mol. The number of ether oxygens (including phenoxy) is 1. The summed E-state index contributed by atoms with van der Waals surface area (Å²) < 4.78 is 21.1. The Kier molecular flexibility index (Phi) is 3.14. The van der Waals surface area contributed by atoms with E-state index in [2.05, 4.69) is 4.98 Å². The second-order valence-corrected chi connectivity index (χ2v) is 5.06. The topological polar surface area (TPSA) is 52.5 Å². The van der Waals surface area contributed by atoms with Gasteiger partial charge in [0.05, 0.1) is 5.02 Å². The number of fused-ring (bicyclic) bond motifs is 1. The summed E-state index contributed by atoms with van der Waals surface area (Å²) in [6.07, 6.45) is 1.84. The van der Waals surface area contributed by atoms with E-state index in [-0.39, 0.29) is 17.3 Å². The number of rotatable bonds is 3. The van der Waals surface area contributed by atoms with E-state index in [1.54, 1.807) is 6.07 Å². The molecule has 7 heteroatoms. The highest BCUT2D eigenvalue weighted by Gasteiger charge is 2.16. The molecule has 0 amide bonds. The summed E-state index contributed by atoms with van der Waals surface area (Å²) in [5, 5.41) is 1.90. The Morgan fingerprint density at radius 1 is 1.47 bits per heavy atom. The number of nitrogens with two attached hydrogens (primary N) is 1. The van der Waals surface area contributed by atoms with Gasteiger partial charge in [-0.2, -0.15) is 4.98 Å². The van der Waals surface area contributed by atoms with Crippen LogP contribution in [0.2, 0.25) is 5.02 Å². The minimum absolute atomic E-state index is 0.00724. The number of nitrogens with zero attached hydrogens (tertiary/aromatic N) is 2. The van der Waals surface area contributed by atoms with Gasteiger partial charge in [0.15, 0.2) is 16.5 Å². The zero-order valence-electron chi connectivity index (χ0n) is 9.64. The monoisotopic (exact) mass is 297 g/mol. The van der Waals surface area contributed by atoms with Crippen LogP contribution in [0, 0.1) is 5.82 Å². The summed E-state index contributed by atoms with van der Waals surface area (Å²) in [4.78, 5) is 5.03. The molecule has 0 aliphatic heterocycles. The molecular weight excluding hydrogens is 289 g/mol. The molecule has 2 heterocycles. The van der Waals surface area contributed by atoms with Gasteiger partial charge in [-0.15, -0.1) is 11.3 Å². The number of hydrogen-bond acceptors (Lipinski definition) is 4. The first-order chi connectivity index (χ1) is 9.20. The molecule has 0 saturated carbocycles. The molecule has 0 spiro atoms. The fourth-order valence-electron chi connectivity index (χ4n) is 1.75. The number of hydrogen-bond donors (Lipinski definition) is 1. The minimum atomic E-state index is -0.608. The third-order valence-corrected chi connectivity index (χ3v) is 3.69. The average molecular weight is 298 g/mol. The first-order valence-corrected chi connectivity index (χ1v) is 6.73. The van der Waals surface area contributed by atoms with E-state index in [1.165, 1.54) is 23.5 Å². The van der Waals surface area contributed by atoms with Crippen molar-refractivity contribution in [2.24, 2.45) is 5.73 Å². The molecule has 0 fully saturated rings. The fraction of sp³-hybridized carbons (Fsp3) is 0.0833. The van der Waals surface area contributed by atoms with Gasteiger partial charge < -0.3 is 10.5 Å².